The van der Waals surface area contributed by atoms with Gasteiger partial charge >= 0.3 is 6.09 Å². The van der Waals surface area contributed by atoms with Crippen molar-refractivity contribution in [1.29, 1.82) is 0 Å². The molecule has 2 atom stereocenters. The van der Waals surface area contributed by atoms with E-state index < -0.39 is 17.8 Å². The number of aryl methyl sites for hydroxylation is 1. The molecular formula is C18H26N2O4. The molecule has 0 aromatic heterocycles. The molecule has 0 radical (unpaired) electrons. The minimum atomic E-state index is -0.576. The number of hydrogen-bond donors (Lipinski definition) is 2. The lowest BCUT2D eigenvalue weighted by atomic mass is 10.0. The Morgan fingerprint density at radius 1 is 1.29 bits per heavy atom. The van der Waals surface area contributed by atoms with Gasteiger partial charge in [-0.25, -0.2) is 4.79 Å². The van der Waals surface area contributed by atoms with Crippen LogP contribution in [0.1, 0.15) is 50.8 Å². The van der Waals surface area contributed by atoms with Crippen molar-refractivity contribution >= 4 is 12.0 Å². The van der Waals surface area contributed by atoms with Gasteiger partial charge in [-0.05, 0) is 44.7 Å². The molecule has 24 heavy (non-hydrogen) atoms. The second kappa shape index (κ2) is 7.21. The summed E-state index contributed by atoms with van der Waals surface area (Å²) in [6.07, 6.45) is 0.420. The molecule has 0 spiro atoms. The fourth-order valence-corrected chi connectivity index (χ4v) is 2.83. The average Bonchev–Trinajstić information content (AvgIpc) is 2.86. The van der Waals surface area contributed by atoms with E-state index in [1.54, 1.807) is 4.90 Å². The number of carbonyl (C=O) groups is 2. The maximum atomic E-state index is 12.4. The van der Waals surface area contributed by atoms with E-state index in [1.165, 1.54) is 0 Å². The van der Waals surface area contributed by atoms with Gasteiger partial charge < -0.3 is 15.6 Å². The topological polar surface area (TPSA) is 92.9 Å². The van der Waals surface area contributed by atoms with Gasteiger partial charge in [0.1, 0.15) is 5.60 Å². The first-order valence-electron chi connectivity index (χ1n) is 8.20. The molecule has 1 aliphatic heterocycles. The van der Waals surface area contributed by atoms with E-state index in [1.807, 2.05) is 45.0 Å². The molecule has 2 amide bonds. The number of rotatable bonds is 4. The Labute approximate surface area is 142 Å². The maximum absolute atomic E-state index is 12.4. The Balaban J connectivity index is 2.10. The van der Waals surface area contributed by atoms with Gasteiger partial charge in [0.05, 0.1) is 18.7 Å². The Kier molecular flexibility index (Phi) is 5.49. The maximum Gasteiger partial charge on any atom is 0.410 e. The van der Waals surface area contributed by atoms with Crippen molar-refractivity contribution in [2.45, 2.75) is 57.8 Å². The fraction of sp³-hybridized carbons (Fsp3) is 0.556. The molecular weight excluding hydrogens is 308 g/mol. The number of nitrogens with two attached hydrogens (primary N) is 1. The van der Waals surface area contributed by atoms with Crippen LogP contribution in [0.15, 0.2) is 24.3 Å². The first-order valence-corrected chi connectivity index (χ1v) is 8.20. The highest BCUT2D eigenvalue weighted by Crippen LogP contribution is 2.33. The van der Waals surface area contributed by atoms with Crippen molar-refractivity contribution in [2.75, 3.05) is 6.54 Å². The van der Waals surface area contributed by atoms with E-state index in [4.69, 9.17) is 10.5 Å². The molecule has 2 rings (SSSR count). The number of aliphatic hydroxyl groups excluding tert-OH is 1. The Hall–Kier alpha value is -2.08. The summed E-state index contributed by atoms with van der Waals surface area (Å²) in [6, 6.07) is 7.50. The number of ether oxygens (including phenoxy) is 1. The van der Waals surface area contributed by atoms with Crippen LogP contribution in [0.3, 0.4) is 0 Å². The first kappa shape index (κ1) is 18.3. The molecule has 6 heteroatoms. The van der Waals surface area contributed by atoms with Gasteiger partial charge in [-0.15, -0.1) is 0 Å². The molecule has 6 nitrogen and oxygen atoms in total. The van der Waals surface area contributed by atoms with Gasteiger partial charge in [-0.2, -0.15) is 0 Å². The summed E-state index contributed by atoms with van der Waals surface area (Å²) in [7, 11) is 0. The molecule has 1 fully saturated rings. The van der Waals surface area contributed by atoms with E-state index in [-0.39, 0.29) is 18.5 Å². The van der Waals surface area contributed by atoms with Crippen LogP contribution >= 0.6 is 0 Å². The van der Waals surface area contributed by atoms with Crippen molar-refractivity contribution in [3.63, 3.8) is 0 Å². The van der Waals surface area contributed by atoms with Crippen molar-refractivity contribution in [2.24, 2.45) is 5.73 Å². The largest absolute Gasteiger partial charge is 0.444 e. The smallest absolute Gasteiger partial charge is 0.410 e. The SMILES string of the molecule is CC(C)(C)OC(=O)N1C[C@H](O)C[C@@H]1c1ccc(CCC(N)=O)cc1. The highest BCUT2D eigenvalue weighted by Gasteiger charge is 2.37. The number of primary amides is 1. The van der Waals surface area contributed by atoms with Crippen molar-refractivity contribution in [3.8, 4) is 0 Å². The molecule has 1 heterocycles. The molecule has 3 N–H and O–H groups in total. The third-order valence-electron chi connectivity index (χ3n) is 3.93. The van der Waals surface area contributed by atoms with E-state index in [0.29, 0.717) is 19.3 Å². The van der Waals surface area contributed by atoms with Crippen LogP contribution < -0.4 is 5.73 Å². The zero-order valence-electron chi connectivity index (χ0n) is 14.5. The van der Waals surface area contributed by atoms with Gasteiger partial charge in [-0.1, -0.05) is 24.3 Å². The fourth-order valence-electron chi connectivity index (χ4n) is 2.83. The number of benzene rings is 1. The zero-order valence-corrected chi connectivity index (χ0v) is 14.5. The van der Waals surface area contributed by atoms with E-state index >= 15 is 0 Å². The minimum Gasteiger partial charge on any atom is -0.444 e. The molecule has 0 saturated carbocycles. The lowest BCUT2D eigenvalue weighted by Gasteiger charge is -2.28. The highest BCUT2D eigenvalue weighted by molar-refractivity contribution is 5.74. The quantitative estimate of drug-likeness (QED) is 0.882. The van der Waals surface area contributed by atoms with Crippen molar-refractivity contribution < 1.29 is 19.4 Å². The summed E-state index contributed by atoms with van der Waals surface area (Å²) in [4.78, 5) is 24.8. The van der Waals surface area contributed by atoms with Crippen LogP contribution in [-0.2, 0) is 16.0 Å². The third kappa shape index (κ3) is 4.96. The van der Waals surface area contributed by atoms with Crippen molar-refractivity contribution in [3.05, 3.63) is 35.4 Å². The average molecular weight is 334 g/mol. The van der Waals surface area contributed by atoms with E-state index in [9.17, 15) is 14.7 Å². The Morgan fingerprint density at radius 2 is 1.92 bits per heavy atom. The summed E-state index contributed by atoms with van der Waals surface area (Å²) in [5.41, 5.74) is 6.54. The Bertz CT molecular complexity index is 592. The number of hydrogen-bond acceptors (Lipinski definition) is 4. The third-order valence-corrected chi connectivity index (χ3v) is 3.93. The molecule has 132 valence electrons. The molecule has 0 unspecified atom stereocenters. The summed E-state index contributed by atoms with van der Waals surface area (Å²) >= 11 is 0. The van der Waals surface area contributed by atoms with Crippen LogP contribution in [0.2, 0.25) is 0 Å². The molecule has 1 aromatic rings. The monoisotopic (exact) mass is 334 g/mol. The van der Waals surface area contributed by atoms with Crippen LogP contribution in [0.25, 0.3) is 0 Å². The lowest BCUT2D eigenvalue weighted by molar-refractivity contribution is -0.118. The van der Waals surface area contributed by atoms with Crippen LogP contribution in [-0.4, -0.2) is 40.3 Å². The predicted molar refractivity (Wildman–Crippen MR) is 90.3 cm³/mol. The minimum absolute atomic E-state index is 0.208. The molecule has 1 aromatic carbocycles. The van der Waals surface area contributed by atoms with E-state index in [2.05, 4.69) is 0 Å². The number of likely N-dealkylation sites (tertiary alicyclic amines) is 1. The Morgan fingerprint density at radius 3 is 2.46 bits per heavy atom. The number of β-amino-alcohol motifs (C(OH)–C–C–N with tert-alkyl or cyclic N) is 1. The summed E-state index contributed by atoms with van der Waals surface area (Å²) in [6.45, 7) is 5.73. The summed E-state index contributed by atoms with van der Waals surface area (Å²) in [5.74, 6) is -0.325. The summed E-state index contributed by atoms with van der Waals surface area (Å²) in [5, 5.41) is 9.98. The molecule has 1 saturated heterocycles. The number of amides is 2. The van der Waals surface area contributed by atoms with Gasteiger partial charge in [0.15, 0.2) is 0 Å². The van der Waals surface area contributed by atoms with Crippen LogP contribution in [0, 0.1) is 0 Å². The molecule has 0 aliphatic carbocycles. The highest BCUT2D eigenvalue weighted by atomic mass is 16.6. The molecule has 0 bridgehead atoms. The standard InChI is InChI=1S/C18H26N2O4/c1-18(2,3)24-17(23)20-11-14(21)10-15(20)13-7-4-12(5-8-13)6-9-16(19)22/h4-5,7-8,14-15,21H,6,9-11H2,1-3H3,(H2,19,22)/t14-,15-/m1/s1. The predicted octanol–water partition coefficient (Wildman–Crippen LogP) is 2.15. The van der Waals surface area contributed by atoms with Gasteiger partial charge in [-0.3, -0.25) is 9.69 Å². The van der Waals surface area contributed by atoms with Gasteiger partial charge in [0.2, 0.25) is 5.91 Å². The number of aliphatic hydroxyl groups is 1. The first-order chi connectivity index (χ1) is 11.2. The van der Waals surface area contributed by atoms with E-state index in [0.717, 1.165) is 11.1 Å². The zero-order chi connectivity index (χ0) is 17.9. The lowest BCUT2D eigenvalue weighted by Crippen LogP contribution is -2.37. The normalized spacial score (nSPS) is 20.9. The van der Waals surface area contributed by atoms with Gasteiger partial charge in [0.25, 0.3) is 0 Å². The van der Waals surface area contributed by atoms with Crippen molar-refractivity contribution in [1.82, 2.24) is 4.90 Å². The molecule has 1 aliphatic rings. The second-order valence-electron chi connectivity index (χ2n) is 7.25. The second-order valence-corrected chi connectivity index (χ2v) is 7.25. The van der Waals surface area contributed by atoms with Crippen LogP contribution in [0.4, 0.5) is 4.79 Å². The van der Waals surface area contributed by atoms with Gasteiger partial charge in [0, 0.05) is 6.42 Å². The number of nitrogens with zero attached hydrogens (tertiary/aromatic N) is 1. The van der Waals surface area contributed by atoms with Crippen LogP contribution in [0.5, 0.6) is 0 Å². The summed E-state index contributed by atoms with van der Waals surface area (Å²) < 4.78 is 5.43. The number of carbonyl (C=O) groups excluding carboxylic acids is 2.